The summed E-state index contributed by atoms with van der Waals surface area (Å²) in [6.45, 7) is 4.00. The summed E-state index contributed by atoms with van der Waals surface area (Å²) in [5, 5.41) is 1.02. The van der Waals surface area contributed by atoms with Gasteiger partial charge in [0.15, 0.2) is 0 Å². The van der Waals surface area contributed by atoms with E-state index < -0.39 is 0 Å². The van der Waals surface area contributed by atoms with Gasteiger partial charge in [0.25, 0.3) is 0 Å². The van der Waals surface area contributed by atoms with Crippen LogP contribution in [-0.2, 0) is 9.59 Å². The highest BCUT2D eigenvalue weighted by molar-refractivity contribution is 6.37. The third kappa shape index (κ3) is 4.24. The quantitative estimate of drug-likeness (QED) is 0.776. The molecule has 0 bridgehead atoms. The van der Waals surface area contributed by atoms with E-state index >= 15 is 0 Å². The van der Waals surface area contributed by atoms with Crippen molar-refractivity contribution in [1.29, 1.82) is 0 Å². The van der Waals surface area contributed by atoms with Crippen molar-refractivity contribution in [3.8, 4) is 0 Å². The van der Waals surface area contributed by atoms with Gasteiger partial charge in [0, 0.05) is 54.8 Å². The number of hydrogen-bond acceptors (Lipinski definition) is 2. The third-order valence-electron chi connectivity index (χ3n) is 3.65. The number of amides is 2. The Morgan fingerprint density at radius 2 is 1.64 bits per heavy atom. The SMILES string of the molecule is CC(=O)N1CCCN(C(=O)/C=C/c2c(Cl)cccc2Cl)CC1. The number of carbonyl (C=O) groups excluding carboxylic acids is 2. The van der Waals surface area contributed by atoms with Crippen LogP contribution in [0.2, 0.25) is 10.0 Å². The topological polar surface area (TPSA) is 40.6 Å². The molecule has 1 saturated heterocycles. The molecule has 2 amide bonds. The zero-order chi connectivity index (χ0) is 16.1. The summed E-state index contributed by atoms with van der Waals surface area (Å²) in [4.78, 5) is 27.2. The largest absolute Gasteiger partial charge is 0.341 e. The van der Waals surface area contributed by atoms with Crippen molar-refractivity contribution in [2.24, 2.45) is 0 Å². The van der Waals surface area contributed by atoms with Gasteiger partial charge in [-0.25, -0.2) is 0 Å². The molecule has 0 saturated carbocycles. The Kier molecular flexibility index (Phi) is 5.86. The summed E-state index contributed by atoms with van der Waals surface area (Å²) in [6, 6.07) is 5.22. The third-order valence-corrected chi connectivity index (χ3v) is 4.30. The fourth-order valence-electron chi connectivity index (χ4n) is 2.38. The zero-order valence-electron chi connectivity index (χ0n) is 12.4. The average molecular weight is 341 g/mol. The van der Waals surface area contributed by atoms with Gasteiger partial charge in [0.1, 0.15) is 0 Å². The monoisotopic (exact) mass is 340 g/mol. The van der Waals surface area contributed by atoms with Gasteiger partial charge in [0.05, 0.1) is 0 Å². The molecular weight excluding hydrogens is 323 g/mol. The lowest BCUT2D eigenvalue weighted by atomic mass is 10.2. The van der Waals surface area contributed by atoms with Crippen LogP contribution in [0.1, 0.15) is 18.9 Å². The summed E-state index contributed by atoms with van der Waals surface area (Å²) in [5.41, 5.74) is 0.638. The van der Waals surface area contributed by atoms with Crippen molar-refractivity contribution in [3.63, 3.8) is 0 Å². The molecule has 1 aliphatic heterocycles. The molecule has 0 aromatic heterocycles. The minimum absolute atomic E-state index is 0.0488. The van der Waals surface area contributed by atoms with E-state index in [0.29, 0.717) is 41.8 Å². The Hall–Kier alpha value is -1.52. The molecule has 1 aromatic rings. The summed E-state index contributed by atoms with van der Waals surface area (Å²) < 4.78 is 0. The second kappa shape index (κ2) is 7.65. The van der Waals surface area contributed by atoms with Gasteiger partial charge in [0.2, 0.25) is 11.8 Å². The highest BCUT2D eigenvalue weighted by atomic mass is 35.5. The minimum Gasteiger partial charge on any atom is -0.341 e. The molecule has 1 heterocycles. The smallest absolute Gasteiger partial charge is 0.246 e. The number of rotatable bonds is 2. The number of nitrogens with zero attached hydrogens (tertiary/aromatic N) is 2. The molecule has 1 fully saturated rings. The predicted molar refractivity (Wildman–Crippen MR) is 88.9 cm³/mol. The highest BCUT2D eigenvalue weighted by Gasteiger charge is 2.18. The normalized spacial score (nSPS) is 16.0. The molecule has 0 unspecified atom stereocenters. The number of halogens is 2. The van der Waals surface area contributed by atoms with Crippen LogP contribution in [0, 0.1) is 0 Å². The van der Waals surface area contributed by atoms with E-state index in [1.165, 1.54) is 6.08 Å². The lowest BCUT2D eigenvalue weighted by Gasteiger charge is -2.20. The lowest BCUT2D eigenvalue weighted by molar-refractivity contribution is -0.130. The number of benzene rings is 1. The molecule has 0 N–H and O–H groups in total. The van der Waals surface area contributed by atoms with Gasteiger partial charge in [-0.05, 0) is 24.6 Å². The van der Waals surface area contributed by atoms with E-state index in [0.717, 1.165) is 6.42 Å². The average Bonchev–Trinajstić information content (AvgIpc) is 2.72. The molecule has 0 atom stereocenters. The fourth-order valence-corrected chi connectivity index (χ4v) is 2.91. The van der Waals surface area contributed by atoms with Crippen molar-refractivity contribution < 1.29 is 9.59 Å². The van der Waals surface area contributed by atoms with E-state index in [4.69, 9.17) is 23.2 Å². The standard InChI is InChI=1S/C16H18Cl2N2O2/c1-12(21)19-8-3-9-20(11-10-19)16(22)7-6-13-14(17)4-2-5-15(13)18/h2,4-7H,3,8-11H2,1H3/b7-6+. The van der Waals surface area contributed by atoms with E-state index in [1.807, 2.05) is 0 Å². The minimum atomic E-state index is -0.0959. The summed E-state index contributed by atoms with van der Waals surface area (Å²) in [7, 11) is 0. The van der Waals surface area contributed by atoms with Crippen LogP contribution in [-0.4, -0.2) is 47.8 Å². The molecule has 0 spiro atoms. The molecule has 22 heavy (non-hydrogen) atoms. The molecule has 0 radical (unpaired) electrons. The van der Waals surface area contributed by atoms with Crippen molar-refractivity contribution in [3.05, 3.63) is 39.9 Å². The lowest BCUT2D eigenvalue weighted by Crippen LogP contribution is -2.35. The Bertz CT molecular complexity index is 582. The van der Waals surface area contributed by atoms with Crippen LogP contribution in [0.15, 0.2) is 24.3 Å². The van der Waals surface area contributed by atoms with Crippen molar-refractivity contribution in [2.75, 3.05) is 26.2 Å². The van der Waals surface area contributed by atoms with Crippen molar-refractivity contribution in [1.82, 2.24) is 9.80 Å². The first-order chi connectivity index (χ1) is 10.5. The molecule has 1 aliphatic rings. The maximum absolute atomic E-state index is 12.3. The number of carbonyl (C=O) groups is 2. The van der Waals surface area contributed by atoms with Crippen molar-refractivity contribution >= 4 is 41.1 Å². The molecule has 6 heteroatoms. The van der Waals surface area contributed by atoms with Crippen LogP contribution in [0.25, 0.3) is 6.08 Å². The van der Waals surface area contributed by atoms with Gasteiger partial charge in [-0.2, -0.15) is 0 Å². The maximum atomic E-state index is 12.3. The summed E-state index contributed by atoms with van der Waals surface area (Å²) >= 11 is 12.1. The molecule has 0 aliphatic carbocycles. The molecule has 118 valence electrons. The van der Waals surface area contributed by atoms with Crippen LogP contribution in [0.4, 0.5) is 0 Å². The maximum Gasteiger partial charge on any atom is 0.246 e. The van der Waals surface area contributed by atoms with Crippen molar-refractivity contribution in [2.45, 2.75) is 13.3 Å². The van der Waals surface area contributed by atoms with E-state index in [2.05, 4.69) is 0 Å². The summed E-state index contributed by atoms with van der Waals surface area (Å²) in [5.74, 6) is -0.0471. The zero-order valence-corrected chi connectivity index (χ0v) is 13.9. The second-order valence-corrected chi connectivity index (χ2v) is 5.97. The first-order valence-corrected chi connectivity index (χ1v) is 7.91. The Morgan fingerprint density at radius 3 is 2.27 bits per heavy atom. The second-order valence-electron chi connectivity index (χ2n) is 5.15. The Balaban J connectivity index is 2.03. The van der Waals surface area contributed by atoms with Crippen LogP contribution < -0.4 is 0 Å². The van der Waals surface area contributed by atoms with E-state index in [9.17, 15) is 9.59 Å². The molecule has 2 rings (SSSR count). The van der Waals surface area contributed by atoms with Gasteiger partial charge < -0.3 is 9.80 Å². The van der Waals surface area contributed by atoms with Crippen LogP contribution >= 0.6 is 23.2 Å². The molecule has 4 nitrogen and oxygen atoms in total. The Morgan fingerprint density at radius 1 is 1.05 bits per heavy atom. The van der Waals surface area contributed by atoms with Crippen LogP contribution in [0.5, 0.6) is 0 Å². The molecule has 1 aromatic carbocycles. The van der Waals surface area contributed by atoms with Gasteiger partial charge in [-0.1, -0.05) is 29.3 Å². The van der Waals surface area contributed by atoms with Gasteiger partial charge >= 0.3 is 0 Å². The fraction of sp³-hybridized carbons (Fsp3) is 0.375. The van der Waals surface area contributed by atoms with Crippen LogP contribution in [0.3, 0.4) is 0 Å². The first kappa shape index (κ1) is 16.8. The molecular formula is C16H18Cl2N2O2. The first-order valence-electron chi connectivity index (χ1n) is 7.15. The number of hydrogen-bond donors (Lipinski definition) is 0. The highest BCUT2D eigenvalue weighted by Crippen LogP contribution is 2.25. The van der Waals surface area contributed by atoms with Gasteiger partial charge in [-0.15, -0.1) is 0 Å². The summed E-state index contributed by atoms with van der Waals surface area (Å²) in [6.07, 6.45) is 3.91. The predicted octanol–water partition coefficient (Wildman–Crippen LogP) is 3.09. The van der Waals surface area contributed by atoms with Gasteiger partial charge in [-0.3, -0.25) is 9.59 Å². The van der Waals surface area contributed by atoms with E-state index in [1.54, 1.807) is 41.0 Å². The Labute approximate surface area is 140 Å². The van der Waals surface area contributed by atoms with E-state index in [-0.39, 0.29) is 11.8 Å².